The van der Waals surface area contributed by atoms with Gasteiger partial charge in [-0.05, 0) is 30.0 Å². The van der Waals surface area contributed by atoms with Crippen LogP contribution < -0.4 is 11.5 Å². The van der Waals surface area contributed by atoms with Gasteiger partial charge in [-0.1, -0.05) is 49.8 Å². The zero-order valence-electron chi connectivity index (χ0n) is 17.7. The molecule has 2 heterocycles. The lowest BCUT2D eigenvalue weighted by atomic mass is 9.72. The zero-order chi connectivity index (χ0) is 21.9. The second-order valence-corrected chi connectivity index (χ2v) is 7.60. The minimum atomic E-state index is -0.457. The highest BCUT2D eigenvalue weighted by atomic mass is 16.5. The Kier molecular flexibility index (Phi) is 5.86. The maximum absolute atomic E-state index is 5.75. The molecule has 0 radical (unpaired) electrons. The summed E-state index contributed by atoms with van der Waals surface area (Å²) in [5.41, 5.74) is 14.2. The topological polar surface area (TPSA) is 121 Å². The molecule has 0 saturated carbocycles. The highest BCUT2D eigenvalue weighted by molar-refractivity contribution is 6.09. The first-order valence-corrected chi connectivity index (χ1v) is 9.61. The van der Waals surface area contributed by atoms with Crippen LogP contribution in [0.25, 0.3) is 17.2 Å². The van der Waals surface area contributed by atoms with E-state index in [9.17, 15) is 0 Å². The van der Waals surface area contributed by atoms with Crippen molar-refractivity contribution in [3.8, 4) is 11.6 Å². The van der Waals surface area contributed by atoms with Gasteiger partial charge in [0.1, 0.15) is 5.82 Å². The Morgan fingerprint density at radius 3 is 2.50 bits per heavy atom. The lowest BCUT2D eigenvalue weighted by Crippen LogP contribution is -2.31. The predicted molar refractivity (Wildman–Crippen MR) is 118 cm³/mol. The molecule has 0 aliphatic rings. The summed E-state index contributed by atoms with van der Waals surface area (Å²) in [7, 11) is 1.85. The number of aromatic nitrogens is 4. The van der Waals surface area contributed by atoms with Crippen LogP contribution in [0.1, 0.15) is 37.7 Å². The summed E-state index contributed by atoms with van der Waals surface area (Å²) in [6.07, 6.45) is 4.92. The predicted octanol–water partition coefficient (Wildman–Crippen LogP) is 3.23. The highest BCUT2D eigenvalue weighted by Crippen LogP contribution is 2.38. The molecule has 156 valence electrons. The largest absolute Gasteiger partial charge is 0.404 e. The van der Waals surface area contributed by atoms with Crippen molar-refractivity contribution >= 4 is 11.8 Å². The number of hydrogen-bond donors (Lipinski definition) is 2. The third-order valence-electron chi connectivity index (χ3n) is 5.34. The number of rotatable bonds is 7. The summed E-state index contributed by atoms with van der Waals surface area (Å²) in [5.74, 6) is 1.45. The molecule has 3 rings (SSSR count). The van der Waals surface area contributed by atoms with E-state index >= 15 is 0 Å². The molecular formula is C22H27N7O. The van der Waals surface area contributed by atoms with Gasteiger partial charge in [-0.2, -0.15) is 10.1 Å². The van der Waals surface area contributed by atoms with Crippen molar-refractivity contribution in [2.24, 2.45) is 29.4 Å². The van der Waals surface area contributed by atoms with Gasteiger partial charge in [-0.15, -0.1) is 0 Å². The minimum Gasteiger partial charge on any atom is -0.404 e. The van der Waals surface area contributed by atoms with Crippen LogP contribution in [0.3, 0.4) is 0 Å². The van der Waals surface area contributed by atoms with E-state index in [1.54, 1.807) is 10.9 Å². The van der Waals surface area contributed by atoms with Crippen molar-refractivity contribution in [3.63, 3.8) is 0 Å². The summed E-state index contributed by atoms with van der Waals surface area (Å²) in [4.78, 5) is 8.68. The normalized spacial score (nSPS) is 14.4. The van der Waals surface area contributed by atoms with Gasteiger partial charge < -0.3 is 16.0 Å². The maximum Gasteiger partial charge on any atom is 0.278 e. The van der Waals surface area contributed by atoms with Gasteiger partial charge in [-0.3, -0.25) is 4.68 Å². The SMILES string of the molecule is C=C(N)N=C/C(=C\N)c1ccc(C(C)(c2noc(-c3ccn(C)n3)n2)C(C)C)cc1. The fourth-order valence-corrected chi connectivity index (χ4v) is 3.16. The second-order valence-electron chi connectivity index (χ2n) is 7.60. The fourth-order valence-electron chi connectivity index (χ4n) is 3.16. The van der Waals surface area contributed by atoms with E-state index in [4.69, 9.17) is 16.0 Å². The molecule has 2 aromatic heterocycles. The fraction of sp³-hybridized carbons (Fsp3) is 0.273. The highest BCUT2D eigenvalue weighted by Gasteiger charge is 2.37. The molecule has 3 aromatic rings. The second kappa shape index (κ2) is 8.36. The number of allylic oxidation sites excluding steroid dienone is 1. The molecule has 0 spiro atoms. The Balaban J connectivity index is 1.96. The van der Waals surface area contributed by atoms with Gasteiger partial charge in [0, 0.05) is 31.2 Å². The molecule has 8 nitrogen and oxygen atoms in total. The summed E-state index contributed by atoms with van der Waals surface area (Å²) >= 11 is 0. The summed E-state index contributed by atoms with van der Waals surface area (Å²) in [5, 5.41) is 8.62. The van der Waals surface area contributed by atoms with Crippen molar-refractivity contribution in [2.45, 2.75) is 26.2 Å². The number of aliphatic imine (C=N–C) groups is 1. The molecule has 4 N–H and O–H groups in total. The summed E-state index contributed by atoms with van der Waals surface area (Å²) in [6.45, 7) is 9.94. The zero-order valence-corrected chi connectivity index (χ0v) is 17.7. The van der Waals surface area contributed by atoms with Crippen LogP contribution >= 0.6 is 0 Å². The van der Waals surface area contributed by atoms with Gasteiger partial charge in [-0.25, -0.2) is 4.99 Å². The maximum atomic E-state index is 5.75. The molecule has 0 aliphatic carbocycles. The van der Waals surface area contributed by atoms with Crippen LogP contribution in [0.5, 0.6) is 0 Å². The van der Waals surface area contributed by atoms with E-state index < -0.39 is 5.41 Å². The number of aryl methyl sites for hydroxylation is 1. The Hall–Kier alpha value is -3.68. The van der Waals surface area contributed by atoms with E-state index in [2.05, 4.69) is 47.6 Å². The van der Waals surface area contributed by atoms with Crippen LogP contribution in [-0.4, -0.2) is 26.1 Å². The standard InChI is InChI=1S/C22H27N7O/c1-14(2)22(4,21-26-20(30-28-21)19-10-11-29(5)27-19)18-8-6-16(7-9-18)17(12-23)13-25-15(3)24/h6-14H,3,23-24H2,1-2,4-5H3/b17-12+,25-13?. The smallest absolute Gasteiger partial charge is 0.278 e. The molecule has 1 aromatic carbocycles. The Bertz CT molecular complexity index is 1090. The molecule has 1 atom stereocenters. The number of benzene rings is 1. The molecule has 0 bridgehead atoms. The monoisotopic (exact) mass is 405 g/mol. The molecule has 1 unspecified atom stereocenters. The molecule has 0 saturated heterocycles. The average Bonchev–Trinajstić information content (AvgIpc) is 3.37. The third-order valence-corrected chi connectivity index (χ3v) is 5.34. The van der Waals surface area contributed by atoms with Gasteiger partial charge in [0.05, 0.1) is 5.41 Å². The van der Waals surface area contributed by atoms with Crippen LogP contribution in [0.2, 0.25) is 0 Å². The molecule has 0 fully saturated rings. The Morgan fingerprint density at radius 1 is 1.27 bits per heavy atom. The van der Waals surface area contributed by atoms with Crippen molar-refractivity contribution < 1.29 is 4.52 Å². The first-order chi connectivity index (χ1) is 14.3. The Labute approximate surface area is 176 Å². The molecular weight excluding hydrogens is 378 g/mol. The number of hydrogen-bond acceptors (Lipinski definition) is 7. The van der Waals surface area contributed by atoms with Crippen molar-refractivity contribution in [1.29, 1.82) is 0 Å². The lowest BCUT2D eigenvalue weighted by molar-refractivity contribution is 0.350. The summed E-state index contributed by atoms with van der Waals surface area (Å²) in [6, 6.07) is 9.90. The lowest BCUT2D eigenvalue weighted by Gasteiger charge is -2.31. The van der Waals surface area contributed by atoms with E-state index in [0.717, 1.165) is 16.7 Å². The summed E-state index contributed by atoms with van der Waals surface area (Å²) < 4.78 is 7.22. The third kappa shape index (κ3) is 4.03. The van der Waals surface area contributed by atoms with Crippen LogP contribution in [0, 0.1) is 5.92 Å². The molecule has 30 heavy (non-hydrogen) atoms. The van der Waals surface area contributed by atoms with Gasteiger partial charge in [0.25, 0.3) is 5.89 Å². The first-order valence-electron chi connectivity index (χ1n) is 9.61. The van der Waals surface area contributed by atoms with E-state index in [0.29, 0.717) is 17.4 Å². The van der Waals surface area contributed by atoms with Gasteiger partial charge in [0.2, 0.25) is 0 Å². The van der Waals surface area contributed by atoms with Crippen LogP contribution in [0.15, 0.2) is 64.6 Å². The molecule has 8 heteroatoms. The molecule has 0 amide bonds. The average molecular weight is 406 g/mol. The van der Waals surface area contributed by atoms with Crippen molar-refractivity contribution in [3.05, 3.63) is 72.1 Å². The van der Waals surface area contributed by atoms with E-state index in [-0.39, 0.29) is 11.7 Å². The minimum absolute atomic E-state index is 0.212. The quantitative estimate of drug-likeness (QED) is 0.582. The number of nitrogens with zero attached hydrogens (tertiary/aromatic N) is 5. The molecule has 0 aliphatic heterocycles. The first kappa shape index (κ1) is 21.0. The van der Waals surface area contributed by atoms with Crippen molar-refractivity contribution in [1.82, 2.24) is 19.9 Å². The van der Waals surface area contributed by atoms with Gasteiger partial charge in [0.15, 0.2) is 11.5 Å². The van der Waals surface area contributed by atoms with Crippen molar-refractivity contribution in [2.75, 3.05) is 0 Å². The van der Waals surface area contributed by atoms with E-state index in [1.807, 2.05) is 43.6 Å². The Morgan fingerprint density at radius 2 is 1.97 bits per heavy atom. The van der Waals surface area contributed by atoms with E-state index in [1.165, 1.54) is 6.20 Å². The van der Waals surface area contributed by atoms with Crippen LogP contribution in [-0.2, 0) is 12.5 Å². The van der Waals surface area contributed by atoms with Crippen LogP contribution in [0.4, 0.5) is 0 Å². The number of nitrogens with two attached hydrogens (primary N) is 2. The van der Waals surface area contributed by atoms with Gasteiger partial charge >= 0.3 is 0 Å².